The van der Waals surface area contributed by atoms with E-state index in [0.29, 0.717) is 10.6 Å². The lowest BCUT2D eigenvalue weighted by molar-refractivity contribution is -0.114. The molecule has 1 heterocycles. The molecule has 4 aliphatic rings. The first-order chi connectivity index (χ1) is 10.7. The molecule has 0 saturated heterocycles. The number of pyridine rings is 1. The number of aldehydes is 1. The van der Waals surface area contributed by atoms with Crippen molar-refractivity contribution in [3.63, 3.8) is 0 Å². The Bertz CT molecular complexity index is 523. The molecule has 1 unspecified atom stereocenters. The number of nitrogens with zero attached hydrogens (tertiary/aromatic N) is 1. The molecule has 0 aromatic carbocycles. The van der Waals surface area contributed by atoms with Gasteiger partial charge in [0.05, 0.1) is 5.25 Å². The highest BCUT2D eigenvalue weighted by Crippen LogP contribution is 2.62. The van der Waals surface area contributed by atoms with Crippen molar-refractivity contribution in [1.29, 1.82) is 0 Å². The highest BCUT2D eigenvalue weighted by Gasteiger charge is 2.54. The molecule has 4 fully saturated rings. The zero-order chi connectivity index (χ0) is 15.2. The third-order valence-electron chi connectivity index (χ3n) is 6.03. The fourth-order valence-electron chi connectivity index (χ4n) is 5.56. The molecular weight excluding hydrogens is 314 g/mol. The SMILES string of the molecule is O=CC(SCc1ccc(Cl)nc1)C12CC3CC(CC(C3)C1)C2. The molecule has 1 aromatic heterocycles. The van der Waals surface area contributed by atoms with E-state index in [2.05, 4.69) is 4.98 Å². The molecule has 0 radical (unpaired) electrons. The van der Waals surface area contributed by atoms with Crippen LogP contribution in [0.3, 0.4) is 0 Å². The average molecular weight is 336 g/mol. The number of thioether (sulfide) groups is 1. The standard InChI is InChI=1S/C18H22ClNOS/c19-17-2-1-12(9-20-17)11-22-16(10-21)18-6-13-3-14(7-18)5-15(4-13)8-18/h1-2,9-10,13-16H,3-8,11H2. The van der Waals surface area contributed by atoms with Crippen molar-refractivity contribution < 1.29 is 4.79 Å². The van der Waals surface area contributed by atoms with Crippen molar-refractivity contribution in [2.45, 2.75) is 49.5 Å². The molecule has 1 aromatic rings. The molecule has 0 amide bonds. The monoisotopic (exact) mass is 335 g/mol. The quantitative estimate of drug-likeness (QED) is 0.574. The second-order valence-electron chi connectivity index (χ2n) is 7.64. The van der Waals surface area contributed by atoms with Gasteiger partial charge in [0.15, 0.2) is 0 Å². The Kier molecular flexibility index (Phi) is 3.98. The van der Waals surface area contributed by atoms with Crippen LogP contribution in [0.25, 0.3) is 0 Å². The van der Waals surface area contributed by atoms with E-state index in [1.54, 1.807) is 0 Å². The Balaban J connectivity index is 1.47. The number of hydrogen-bond acceptors (Lipinski definition) is 3. The zero-order valence-corrected chi connectivity index (χ0v) is 14.3. The van der Waals surface area contributed by atoms with Gasteiger partial charge in [0.25, 0.3) is 0 Å². The van der Waals surface area contributed by atoms with E-state index < -0.39 is 0 Å². The normalized spacial score (nSPS) is 37.2. The maximum absolute atomic E-state index is 11.8. The molecule has 5 rings (SSSR count). The van der Waals surface area contributed by atoms with Gasteiger partial charge in [-0.15, -0.1) is 11.8 Å². The van der Waals surface area contributed by atoms with E-state index >= 15 is 0 Å². The highest BCUT2D eigenvalue weighted by atomic mass is 35.5. The Morgan fingerprint density at radius 3 is 2.36 bits per heavy atom. The minimum Gasteiger partial charge on any atom is -0.302 e. The smallest absolute Gasteiger partial charge is 0.133 e. The number of aromatic nitrogens is 1. The fourth-order valence-corrected chi connectivity index (χ4v) is 6.94. The molecule has 118 valence electrons. The van der Waals surface area contributed by atoms with Gasteiger partial charge in [0.1, 0.15) is 11.4 Å². The van der Waals surface area contributed by atoms with E-state index in [0.717, 1.165) is 29.1 Å². The van der Waals surface area contributed by atoms with Crippen LogP contribution in [0.5, 0.6) is 0 Å². The molecule has 4 saturated carbocycles. The molecule has 4 heteroatoms. The summed E-state index contributed by atoms with van der Waals surface area (Å²) in [4.78, 5) is 16.0. The van der Waals surface area contributed by atoms with Crippen molar-refractivity contribution in [3.8, 4) is 0 Å². The summed E-state index contributed by atoms with van der Waals surface area (Å²) in [5.74, 6) is 3.54. The van der Waals surface area contributed by atoms with E-state index in [-0.39, 0.29) is 5.25 Å². The van der Waals surface area contributed by atoms with E-state index in [4.69, 9.17) is 11.6 Å². The summed E-state index contributed by atoms with van der Waals surface area (Å²) in [6, 6.07) is 3.85. The van der Waals surface area contributed by atoms with E-state index in [9.17, 15) is 4.79 Å². The molecule has 4 bridgehead atoms. The minimum atomic E-state index is 0.150. The third kappa shape index (κ3) is 2.71. The van der Waals surface area contributed by atoms with Gasteiger partial charge < -0.3 is 4.79 Å². The van der Waals surface area contributed by atoms with Crippen LogP contribution in [0.1, 0.15) is 44.1 Å². The van der Waals surface area contributed by atoms with Crippen molar-refractivity contribution in [2.75, 3.05) is 0 Å². The first-order valence-corrected chi connectivity index (χ1v) is 9.77. The van der Waals surface area contributed by atoms with Crippen LogP contribution < -0.4 is 0 Å². The maximum Gasteiger partial charge on any atom is 0.133 e. The van der Waals surface area contributed by atoms with Crippen molar-refractivity contribution in [2.24, 2.45) is 23.2 Å². The summed E-state index contributed by atoms with van der Waals surface area (Å²) in [7, 11) is 0. The second kappa shape index (κ2) is 5.83. The molecule has 22 heavy (non-hydrogen) atoms. The lowest BCUT2D eigenvalue weighted by Gasteiger charge is -2.58. The first-order valence-electron chi connectivity index (χ1n) is 8.34. The van der Waals surface area contributed by atoms with Crippen LogP contribution in [0.4, 0.5) is 0 Å². The third-order valence-corrected chi connectivity index (χ3v) is 7.72. The lowest BCUT2D eigenvalue weighted by Crippen LogP contribution is -2.51. The van der Waals surface area contributed by atoms with Crippen LogP contribution in [0, 0.1) is 23.2 Å². The molecule has 4 aliphatic carbocycles. The average Bonchev–Trinajstić information content (AvgIpc) is 2.48. The number of carbonyl (C=O) groups is 1. The first kappa shape index (κ1) is 15.0. The van der Waals surface area contributed by atoms with Gasteiger partial charge in [-0.1, -0.05) is 17.7 Å². The van der Waals surface area contributed by atoms with E-state index in [1.165, 1.54) is 44.8 Å². The van der Waals surface area contributed by atoms with Crippen LogP contribution in [0.15, 0.2) is 18.3 Å². The van der Waals surface area contributed by atoms with Gasteiger partial charge >= 0.3 is 0 Å². The minimum absolute atomic E-state index is 0.150. The highest BCUT2D eigenvalue weighted by molar-refractivity contribution is 7.99. The topological polar surface area (TPSA) is 30.0 Å². The zero-order valence-electron chi connectivity index (χ0n) is 12.7. The van der Waals surface area contributed by atoms with Crippen LogP contribution >= 0.6 is 23.4 Å². The predicted molar refractivity (Wildman–Crippen MR) is 91.0 cm³/mol. The van der Waals surface area contributed by atoms with Gasteiger partial charge in [-0.3, -0.25) is 0 Å². The number of carbonyl (C=O) groups excluding carboxylic acids is 1. The van der Waals surface area contributed by atoms with Gasteiger partial charge in [0, 0.05) is 11.9 Å². The summed E-state index contributed by atoms with van der Waals surface area (Å²) in [5.41, 5.74) is 1.45. The number of rotatable bonds is 5. The van der Waals surface area contributed by atoms with Crippen LogP contribution in [-0.4, -0.2) is 16.5 Å². The van der Waals surface area contributed by atoms with Crippen LogP contribution in [-0.2, 0) is 10.5 Å². The molecule has 0 aliphatic heterocycles. The lowest BCUT2D eigenvalue weighted by atomic mass is 9.49. The van der Waals surface area contributed by atoms with E-state index in [1.807, 2.05) is 30.1 Å². The summed E-state index contributed by atoms with van der Waals surface area (Å²) >= 11 is 7.66. The molecule has 0 spiro atoms. The number of hydrogen-bond donors (Lipinski definition) is 0. The van der Waals surface area contributed by atoms with Crippen molar-refractivity contribution >= 4 is 29.6 Å². The Morgan fingerprint density at radius 1 is 1.23 bits per heavy atom. The maximum atomic E-state index is 11.8. The summed E-state index contributed by atoms with van der Waals surface area (Å²) in [6.07, 6.45) is 11.2. The predicted octanol–water partition coefficient (Wildman–Crippen LogP) is 4.75. The summed E-state index contributed by atoms with van der Waals surface area (Å²) in [5, 5.41) is 0.679. The number of halogens is 1. The second-order valence-corrected chi connectivity index (χ2v) is 9.15. The Labute approximate surface area is 141 Å². The molecule has 2 nitrogen and oxygen atoms in total. The van der Waals surface area contributed by atoms with Gasteiger partial charge in [-0.2, -0.15) is 0 Å². The summed E-state index contributed by atoms with van der Waals surface area (Å²) in [6.45, 7) is 0. The van der Waals surface area contributed by atoms with Crippen molar-refractivity contribution in [1.82, 2.24) is 4.98 Å². The Hall–Kier alpha value is -0.540. The van der Waals surface area contributed by atoms with Crippen molar-refractivity contribution in [3.05, 3.63) is 29.0 Å². The largest absolute Gasteiger partial charge is 0.302 e. The van der Waals surface area contributed by atoms with Gasteiger partial charge in [-0.25, -0.2) is 4.98 Å². The Morgan fingerprint density at radius 2 is 1.86 bits per heavy atom. The molecule has 0 N–H and O–H groups in total. The molecular formula is C18H22ClNOS. The summed E-state index contributed by atoms with van der Waals surface area (Å²) < 4.78 is 0. The fraction of sp³-hybridized carbons (Fsp3) is 0.667. The van der Waals surface area contributed by atoms with Crippen LogP contribution in [0.2, 0.25) is 5.15 Å². The van der Waals surface area contributed by atoms with Gasteiger partial charge in [0.2, 0.25) is 0 Å². The molecule has 1 atom stereocenters. The van der Waals surface area contributed by atoms with Gasteiger partial charge in [-0.05, 0) is 73.3 Å².